The van der Waals surface area contributed by atoms with E-state index in [1.54, 1.807) is 17.7 Å². The Morgan fingerprint density at radius 1 is 1.00 bits per heavy atom. The summed E-state index contributed by atoms with van der Waals surface area (Å²) in [5.41, 5.74) is 2.34. The summed E-state index contributed by atoms with van der Waals surface area (Å²) < 4.78 is 12.2. The third kappa shape index (κ3) is 5.50. The molecule has 3 nitrogen and oxygen atoms in total. The average Bonchev–Trinajstić information content (AvgIpc) is 3.23. The van der Waals surface area contributed by atoms with E-state index in [1.165, 1.54) is 51.4 Å². The predicted octanol–water partition coefficient (Wildman–Crippen LogP) is 10.4. The van der Waals surface area contributed by atoms with Crippen molar-refractivity contribution < 1.29 is 14.3 Å². The van der Waals surface area contributed by atoms with Gasteiger partial charge in [0.1, 0.15) is 11.9 Å². The molecule has 0 aromatic heterocycles. The molecule has 3 fully saturated rings. The lowest BCUT2D eigenvalue weighted by Gasteiger charge is -2.58. The molecule has 0 heterocycles. The van der Waals surface area contributed by atoms with Crippen LogP contribution in [0.3, 0.4) is 0 Å². The maximum absolute atomic E-state index is 12.5. The highest BCUT2D eigenvalue weighted by atomic mass is 79.9. The number of carbonyl (C=O) groups is 1. The zero-order valence-corrected chi connectivity index (χ0v) is 25.9. The summed E-state index contributed by atoms with van der Waals surface area (Å²) in [6.45, 7) is 12.5. The number of allylic oxidation sites excluding steroid dienone is 1. The molecule has 0 saturated heterocycles. The molecular formula is C34H49BrO3. The molecule has 4 heteroatoms. The highest BCUT2D eigenvalue weighted by Crippen LogP contribution is 2.67. The van der Waals surface area contributed by atoms with Crippen LogP contribution in [0.4, 0.5) is 4.79 Å². The van der Waals surface area contributed by atoms with Gasteiger partial charge in [-0.05, 0) is 116 Å². The van der Waals surface area contributed by atoms with Gasteiger partial charge < -0.3 is 9.47 Å². The van der Waals surface area contributed by atoms with Gasteiger partial charge in [-0.3, -0.25) is 0 Å². The largest absolute Gasteiger partial charge is 0.514 e. The van der Waals surface area contributed by atoms with E-state index in [1.807, 2.05) is 12.1 Å². The van der Waals surface area contributed by atoms with Gasteiger partial charge in [-0.1, -0.05) is 81.5 Å². The second-order valence-corrected chi connectivity index (χ2v) is 15.0. The van der Waals surface area contributed by atoms with Crippen LogP contribution in [0.2, 0.25) is 0 Å². The molecule has 8 atom stereocenters. The van der Waals surface area contributed by atoms with Crippen LogP contribution in [0.15, 0.2) is 40.4 Å². The SMILES string of the molecule is CC(C)CCC[C@@H](C)[C@@H]1CC[C@@H]2[C@H]3CC=C4C[C@@H](OC(=O)Oc5ccc(Br)cc5)CC[C@]4(C)[C@@H]3CC[C@@]21C. The van der Waals surface area contributed by atoms with Crippen LogP contribution in [0, 0.1) is 46.3 Å². The van der Waals surface area contributed by atoms with Gasteiger partial charge in [0.2, 0.25) is 0 Å². The summed E-state index contributed by atoms with van der Waals surface area (Å²) >= 11 is 3.42. The average molecular weight is 586 g/mol. The van der Waals surface area contributed by atoms with Crippen molar-refractivity contribution in [3.8, 4) is 5.75 Å². The topological polar surface area (TPSA) is 35.5 Å². The van der Waals surface area contributed by atoms with E-state index in [0.29, 0.717) is 11.2 Å². The molecule has 0 spiro atoms. The minimum atomic E-state index is -0.580. The molecule has 0 unspecified atom stereocenters. The van der Waals surface area contributed by atoms with Crippen molar-refractivity contribution in [2.45, 2.75) is 111 Å². The number of hydrogen-bond acceptors (Lipinski definition) is 3. The van der Waals surface area contributed by atoms with Gasteiger partial charge in [-0.15, -0.1) is 0 Å². The summed E-state index contributed by atoms with van der Waals surface area (Å²) in [4.78, 5) is 12.5. The van der Waals surface area contributed by atoms with Crippen LogP contribution >= 0.6 is 15.9 Å². The summed E-state index contributed by atoms with van der Waals surface area (Å²) in [6.07, 6.45) is 15.9. The number of hydrogen-bond donors (Lipinski definition) is 0. The zero-order chi connectivity index (χ0) is 27.1. The highest BCUT2D eigenvalue weighted by Gasteiger charge is 2.59. The van der Waals surface area contributed by atoms with E-state index in [-0.39, 0.29) is 11.5 Å². The van der Waals surface area contributed by atoms with Gasteiger partial charge in [-0.25, -0.2) is 4.79 Å². The lowest BCUT2D eigenvalue weighted by Crippen LogP contribution is -2.51. The maximum atomic E-state index is 12.5. The van der Waals surface area contributed by atoms with Crippen LogP contribution in [-0.2, 0) is 4.74 Å². The molecule has 210 valence electrons. The quantitative estimate of drug-likeness (QED) is 0.181. The van der Waals surface area contributed by atoms with E-state index < -0.39 is 6.16 Å². The van der Waals surface area contributed by atoms with Crippen molar-refractivity contribution in [1.29, 1.82) is 0 Å². The first kappa shape index (κ1) is 28.2. The van der Waals surface area contributed by atoms with Crippen molar-refractivity contribution in [3.05, 3.63) is 40.4 Å². The highest BCUT2D eigenvalue weighted by molar-refractivity contribution is 9.10. The fourth-order valence-corrected chi connectivity index (χ4v) is 9.78. The van der Waals surface area contributed by atoms with Crippen molar-refractivity contribution in [3.63, 3.8) is 0 Å². The normalized spacial score (nSPS) is 37.0. The van der Waals surface area contributed by atoms with Crippen molar-refractivity contribution in [2.75, 3.05) is 0 Å². The predicted molar refractivity (Wildman–Crippen MR) is 158 cm³/mol. The fourth-order valence-electron chi connectivity index (χ4n) is 9.51. The smallest absolute Gasteiger partial charge is 0.430 e. The van der Waals surface area contributed by atoms with Crippen LogP contribution < -0.4 is 4.74 Å². The Hall–Kier alpha value is -1.29. The molecule has 0 bridgehead atoms. The molecule has 0 amide bonds. The monoisotopic (exact) mass is 584 g/mol. The molecule has 5 rings (SSSR count). The second kappa shape index (κ2) is 11.3. The van der Waals surface area contributed by atoms with Gasteiger partial charge in [0.25, 0.3) is 0 Å². The van der Waals surface area contributed by atoms with Gasteiger partial charge >= 0.3 is 6.16 Å². The van der Waals surface area contributed by atoms with Gasteiger partial charge in [0.15, 0.2) is 0 Å². The van der Waals surface area contributed by atoms with E-state index in [4.69, 9.17) is 9.47 Å². The Balaban J connectivity index is 1.21. The van der Waals surface area contributed by atoms with Crippen LogP contribution in [0.1, 0.15) is 105 Å². The minimum absolute atomic E-state index is 0.0785. The summed E-state index contributed by atoms with van der Waals surface area (Å²) in [5, 5.41) is 0. The van der Waals surface area contributed by atoms with Gasteiger partial charge in [0.05, 0.1) is 0 Å². The number of fused-ring (bicyclic) bond motifs is 5. The van der Waals surface area contributed by atoms with E-state index in [2.05, 4.69) is 56.6 Å². The lowest BCUT2D eigenvalue weighted by molar-refractivity contribution is -0.0597. The Morgan fingerprint density at radius 2 is 1.76 bits per heavy atom. The summed E-state index contributed by atoms with van der Waals surface area (Å²) in [6, 6.07) is 7.30. The Morgan fingerprint density at radius 3 is 2.50 bits per heavy atom. The number of carbonyl (C=O) groups excluding carboxylic acids is 1. The molecule has 0 radical (unpaired) electrons. The summed E-state index contributed by atoms with van der Waals surface area (Å²) in [5.74, 6) is 5.60. The summed E-state index contributed by atoms with van der Waals surface area (Å²) in [7, 11) is 0. The Bertz CT molecular complexity index is 1020. The number of rotatable bonds is 7. The van der Waals surface area contributed by atoms with Crippen molar-refractivity contribution >= 4 is 22.1 Å². The molecule has 4 aliphatic rings. The zero-order valence-electron chi connectivity index (χ0n) is 24.3. The minimum Gasteiger partial charge on any atom is -0.430 e. The first-order valence-electron chi connectivity index (χ1n) is 15.4. The fraction of sp³-hybridized carbons (Fsp3) is 0.735. The molecule has 4 aliphatic carbocycles. The van der Waals surface area contributed by atoms with E-state index in [0.717, 1.165) is 59.2 Å². The standard InChI is InChI=1S/C34H49BrO3/c1-22(2)7-6-8-23(3)29-15-16-30-28-14-9-24-21-27(38-32(36)37-26-12-10-25(35)11-13-26)17-19-33(24,4)31(28)18-20-34(29,30)5/h9-13,22-23,27-31H,6-8,14-21H2,1-5H3/t23-,27+,28-,29+,30-,31-,33+,34-/m1/s1. The van der Waals surface area contributed by atoms with Crippen LogP contribution in [0.25, 0.3) is 0 Å². The first-order chi connectivity index (χ1) is 18.1. The van der Waals surface area contributed by atoms with Gasteiger partial charge in [-0.2, -0.15) is 0 Å². The van der Waals surface area contributed by atoms with Crippen LogP contribution in [0.5, 0.6) is 5.75 Å². The maximum Gasteiger partial charge on any atom is 0.514 e. The van der Waals surface area contributed by atoms with Crippen molar-refractivity contribution in [1.82, 2.24) is 0 Å². The van der Waals surface area contributed by atoms with Gasteiger partial charge in [0, 0.05) is 10.9 Å². The molecule has 1 aromatic rings. The second-order valence-electron chi connectivity index (χ2n) is 14.1. The van der Waals surface area contributed by atoms with Crippen LogP contribution in [-0.4, -0.2) is 12.3 Å². The molecule has 3 saturated carbocycles. The number of ether oxygens (including phenoxy) is 2. The molecule has 1 aromatic carbocycles. The third-order valence-electron chi connectivity index (χ3n) is 11.5. The molecule has 38 heavy (non-hydrogen) atoms. The first-order valence-corrected chi connectivity index (χ1v) is 16.2. The van der Waals surface area contributed by atoms with E-state index in [9.17, 15) is 4.79 Å². The van der Waals surface area contributed by atoms with Crippen molar-refractivity contribution in [2.24, 2.45) is 46.3 Å². The Labute approximate surface area is 239 Å². The van der Waals surface area contributed by atoms with E-state index >= 15 is 0 Å². The lowest BCUT2D eigenvalue weighted by atomic mass is 9.47. The molecular weight excluding hydrogens is 536 g/mol. The third-order valence-corrected chi connectivity index (χ3v) is 12.1. The molecule has 0 aliphatic heterocycles. The molecule has 0 N–H and O–H groups in total. The number of benzene rings is 1. The number of halogens is 1. The Kier molecular flexibility index (Phi) is 8.40.